The summed E-state index contributed by atoms with van der Waals surface area (Å²) in [7, 11) is 0. The van der Waals surface area contributed by atoms with E-state index in [2.05, 4.69) is 15.2 Å². The van der Waals surface area contributed by atoms with Crippen LogP contribution in [0, 0.1) is 17.0 Å². The van der Waals surface area contributed by atoms with Gasteiger partial charge in [-0.25, -0.2) is 9.97 Å². The molecule has 3 aromatic rings. The number of nitro groups is 1. The first kappa shape index (κ1) is 17.8. The molecule has 2 aromatic carbocycles. The number of benzene rings is 2. The molecule has 2 heterocycles. The third kappa shape index (κ3) is 3.24. The van der Waals surface area contributed by atoms with Gasteiger partial charge in [-0.3, -0.25) is 14.9 Å². The van der Waals surface area contributed by atoms with Gasteiger partial charge in [0.15, 0.2) is 11.6 Å². The lowest BCUT2D eigenvalue weighted by atomic mass is 10.1. The molecule has 28 heavy (non-hydrogen) atoms. The SMILES string of the molecule is Cc1cccc(C(=O)Nc2nc3ccccc3nc2N2CCCC2)c1[N+](=O)[O-]. The molecule has 0 saturated carbocycles. The Labute approximate surface area is 161 Å². The molecular weight excluding hydrogens is 358 g/mol. The Kier molecular flexibility index (Phi) is 4.60. The smallest absolute Gasteiger partial charge is 0.285 e. The normalized spacial score (nSPS) is 13.7. The van der Waals surface area contributed by atoms with Crippen LogP contribution in [-0.4, -0.2) is 33.9 Å². The van der Waals surface area contributed by atoms with Gasteiger partial charge >= 0.3 is 0 Å². The summed E-state index contributed by atoms with van der Waals surface area (Å²) >= 11 is 0. The van der Waals surface area contributed by atoms with Crippen LogP contribution in [-0.2, 0) is 0 Å². The van der Waals surface area contributed by atoms with E-state index in [1.807, 2.05) is 24.3 Å². The number of rotatable bonds is 4. The predicted molar refractivity (Wildman–Crippen MR) is 107 cm³/mol. The molecule has 8 nitrogen and oxygen atoms in total. The molecule has 1 N–H and O–H groups in total. The fourth-order valence-corrected chi connectivity index (χ4v) is 3.48. The van der Waals surface area contributed by atoms with E-state index in [4.69, 9.17) is 4.98 Å². The minimum absolute atomic E-state index is 0.00679. The molecule has 1 aliphatic rings. The lowest BCUT2D eigenvalue weighted by molar-refractivity contribution is -0.385. The van der Waals surface area contributed by atoms with Crippen LogP contribution in [0.1, 0.15) is 28.8 Å². The van der Waals surface area contributed by atoms with Gasteiger partial charge in [0.1, 0.15) is 5.56 Å². The maximum atomic E-state index is 12.9. The lowest BCUT2D eigenvalue weighted by Gasteiger charge is -2.20. The highest BCUT2D eigenvalue weighted by Crippen LogP contribution is 2.29. The van der Waals surface area contributed by atoms with Gasteiger partial charge in [0.25, 0.3) is 11.6 Å². The minimum atomic E-state index is -0.569. The number of carbonyl (C=O) groups is 1. The third-order valence-electron chi connectivity index (χ3n) is 4.85. The summed E-state index contributed by atoms with van der Waals surface area (Å²) in [4.78, 5) is 35.2. The van der Waals surface area contributed by atoms with Gasteiger partial charge < -0.3 is 10.2 Å². The Hall–Kier alpha value is -3.55. The minimum Gasteiger partial charge on any atom is -0.354 e. The van der Waals surface area contributed by atoms with Gasteiger partial charge in [-0.05, 0) is 38.0 Å². The second kappa shape index (κ2) is 7.22. The molecule has 1 fully saturated rings. The Morgan fingerprint density at radius 1 is 1.07 bits per heavy atom. The largest absolute Gasteiger partial charge is 0.354 e. The number of anilines is 2. The molecule has 1 amide bonds. The second-order valence-corrected chi connectivity index (χ2v) is 6.76. The summed E-state index contributed by atoms with van der Waals surface area (Å²) in [5.41, 5.74) is 1.63. The van der Waals surface area contributed by atoms with E-state index in [0.717, 1.165) is 31.4 Å². The topological polar surface area (TPSA) is 101 Å². The number of nitrogens with one attached hydrogen (secondary N) is 1. The molecule has 8 heteroatoms. The summed E-state index contributed by atoms with van der Waals surface area (Å²) in [6.07, 6.45) is 2.09. The van der Waals surface area contributed by atoms with E-state index in [0.29, 0.717) is 22.7 Å². The summed E-state index contributed by atoms with van der Waals surface area (Å²) in [6, 6.07) is 12.1. The molecule has 1 aliphatic heterocycles. The average Bonchev–Trinajstić information content (AvgIpc) is 3.21. The van der Waals surface area contributed by atoms with E-state index in [9.17, 15) is 14.9 Å². The molecule has 1 aromatic heterocycles. The molecule has 0 aliphatic carbocycles. The van der Waals surface area contributed by atoms with Crippen LogP contribution in [0.15, 0.2) is 42.5 Å². The number of nitrogens with zero attached hydrogens (tertiary/aromatic N) is 4. The fourth-order valence-electron chi connectivity index (χ4n) is 3.48. The van der Waals surface area contributed by atoms with Crippen molar-refractivity contribution in [1.82, 2.24) is 9.97 Å². The summed E-state index contributed by atoms with van der Waals surface area (Å²) in [6.45, 7) is 3.28. The van der Waals surface area contributed by atoms with Crippen LogP contribution in [0.2, 0.25) is 0 Å². The first-order valence-corrected chi connectivity index (χ1v) is 9.11. The Morgan fingerprint density at radius 2 is 1.75 bits per heavy atom. The van der Waals surface area contributed by atoms with Gasteiger partial charge in [0, 0.05) is 18.7 Å². The lowest BCUT2D eigenvalue weighted by Crippen LogP contribution is -2.23. The molecule has 1 saturated heterocycles. The number of hydrogen-bond acceptors (Lipinski definition) is 6. The van der Waals surface area contributed by atoms with Crippen molar-refractivity contribution in [2.24, 2.45) is 0 Å². The van der Waals surface area contributed by atoms with Crippen LogP contribution < -0.4 is 10.2 Å². The highest BCUT2D eigenvalue weighted by molar-refractivity contribution is 6.08. The average molecular weight is 377 g/mol. The van der Waals surface area contributed by atoms with Gasteiger partial charge in [-0.2, -0.15) is 0 Å². The van der Waals surface area contributed by atoms with Gasteiger partial charge in [-0.15, -0.1) is 0 Å². The zero-order valence-electron chi connectivity index (χ0n) is 15.4. The summed E-state index contributed by atoms with van der Waals surface area (Å²) < 4.78 is 0. The van der Waals surface area contributed by atoms with E-state index in [-0.39, 0.29) is 11.3 Å². The number of fused-ring (bicyclic) bond motifs is 1. The summed E-state index contributed by atoms with van der Waals surface area (Å²) in [5.74, 6) is 0.349. The molecule has 0 bridgehead atoms. The standard InChI is InChI=1S/C20H19N5O3/c1-13-7-6-8-14(17(13)25(27)28)20(26)23-18-19(24-11-4-5-12-24)22-16-10-3-2-9-15(16)21-18/h2-3,6-10H,4-5,11-12H2,1H3,(H,21,23,26). The zero-order valence-corrected chi connectivity index (χ0v) is 15.4. The van der Waals surface area contributed by atoms with Crippen molar-refractivity contribution in [3.63, 3.8) is 0 Å². The Morgan fingerprint density at radius 3 is 2.43 bits per heavy atom. The van der Waals surface area contributed by atoms with Crippen molar-refractivity contribution in [3.05, 3.63) is 63.7 Å². The van der Waals surface area contributed by atoms with Gasteiger partial charge in [0.05, 0.1) is 16.0 Å². The molecule has 0 radical (unpaired) electrons. The maximum Gasteiger partial charge on any atom is 0.285 e. The van der Waals surface area contributed by atoms with Crippen molar-refractivity contribution in [2.45, 2.75) is 19.8 Å². The molecule has 142 valence electrons. The number of para-hydroxylation sites is 3. The van der Waals surface area contributed by atoms with Crippen molar-refractivity contribution >= 4 is 34.3 Å². The van der Waals surface area contributed by atoms with Crippen molar-refractivity contribution in [3.8, 4) is 0 Å². The molecule has 0 atom stereocenters. The van der Waals surface area contributed by atoms with Crippen LogP contribution in [0.4, 0.5) is 17.3 Å². The third-order valence-corrected chi connectivity index (χ3v) is 4.85. The highest BCUT2D eigenvalue weighted by atomic mass is 16.6. The van der Waals surface area contributed by atoms with Gasteiger partial charge in [-0.1, -0.05) is 24.3 Å². The van der Waals surface area contributed by atoms with Crippen molar-refractivity contribution in [1.29, 1.82) is 0 Å². The summed E-state index contributed by atoms with van der Waals surface area (Å²) in [5, 5.41) is 14.2. The second-order valence-electron chi connectivity index (χ2n) is 6.76. The predicted octanol–water partition coefficient (Wildman–Crippen LogP) is 3.70. The number of amides is 1. The van der Waals surface area contributed by atoms with E-state index in [1.165, 1.54) is 6.07 Å². The zero-order chi connectivity index (χ0) is 19.7. The number of nitro benzene ring substituents is 1. The number of aryl methyl sites for hydroxylation is 1. The van der Waals surface area contributed by atoms with Crippen LogP contribution in [0.3, 0.4) is 0 Å². The highest BCUT2D eigenvalue weighted by Gasteiger charge is 2.25. The first-order chi connectivity index (χ1) is 13.5. The van der Waals surface area contributed by atoms with E-state index in [1.54, 1.807) is 19.1 Å². The Bertz CT molecular complexity index is 1080. The fraction of sp³-hybridized carbons (Fsp3) is 0.250. The van der Waals surface area contributed by atoms with Crippen LogP contribution >= 0.6 is 0 Å². The van der Waals surface area contributed by atoms with Crippen LogP contribution in [0.5, 0.6) is 0 Å². The first-order valence-electron chi connectivity index (χ1n) is 9.11. The van der Waals surface area contributed by atoms with E-state index >= 15 is 0 Å². The van der Waals surface area contributed by atoms with Gasteiger partial charge in [0.2, 0.25) is 0 Å². The quantitative estimate of drug-likeness (QED) is 0.549. The Balaban J connectivity index is 1.77. The number of carbonyl (C=O) groups excluding carboxylic acids is 1. The van der Waals surface area contributed by atoms with Crippen molar-refractivity contribution < 1.29 is 9.72 Å². The molecule has 4 rings (SSSR count). The van der Waals surface area contributed by atoms with E-state index < -0.39 is 10.8 Å². The number of aromatic nitrogens is 2. The number of hydrogen-bond donors (Lipinski definition) is 1. The maximum absolute atomic E-state index is 12.9. The molecular formula is C20H19N5O3. The molecule has 0 spiro atoms. The molecule has 0 unspecified atom stereocenters. The van der Waals surface area contributed by atoms with Crippen LogP contribution in [0.25, 0.3) is 11.0 Å². The monoisotopic (exact) mass is 377 g/mol. The van der Waals surface area contributed by atoms with Crippen molar-refractivity contribution in [2.75, 3.05) is 23.3 Å².